The molecule has 21 heavy (non-hydrogen) atoms. The summed E-state index contributed by atoms with van der Waals surface area (Å²) < 4.78 is 0.961. The Hall–Kier alpha value is -1.56. The monoisotopic (exact) mass is 354 g/mol. The van der Waals surface area contributed by atoms with E-state index >= 15 is 0 Å². The normalized spacial score (nSPS) is 21.4. The maximum absolute atomic E-state index is 12.4. The molecule has 1 saturated heterocycles. The zero-order chi connectivity index (χ0) is 15.6. The zero-order valence-corrected chi connectivity index (χ0v) is 13.7. The van der Waals surface area contributed by atoms with Gasteiger partial charge in [0.25, 0.3) is 0 Å². The Labute approximate surface area is 132 Å². The van der Waals surface area contributed by atoms with Gasteiger partial charge >= 0.3 is 12.0 Å². The summed E-state index contributed by atoms with van der Waals surface area (Å²) >= 11 is 3.47. The molecule has 1 N–H and O–H groups in total. The Balaban J connectivity index is 2.01. The van der Waals surface area contributed by atoms with Crippen LogP contribution in [0.5, 0.6) is 0 Å². The second-order valence-corrected chi connectivity index (χ2v) is 6.41. The fraction of sp³-hybridized carbons (Fsp3) is 0.467. The molecule has 0 aliphatic carbocycles. The minimum Gasteiger partial charge on any atom is -0.481 e. The van der Waals surface area contributed by atoms with E-state index in [0.717, 1.165) is 10.0 Å². The number of hydrogen-bond acceptors (Lipinski definition) is 2. The Bertz CT molecular complexity index is 549. The smallest absolute Gasteiger partial charge is 0.320 e. The molecule has 1 heterocycles. The number of carboxylic acids is 1. The highest BCUT2D eigenvalue weighted by Crippen LogP contribution is 2.25. The van der Waals surface area contributed by atoms with Crippen LogP contribution in [0.2, 0.25) is 0 Å². The number of amides is 2. The fourth-order valence-corrected chi connectivity index (χ4v) is 3.05. The van der Waals surface area contributed by atoms with Crippen LogP contribution >= 0.6 is 15.9 Å². The lowest BCUT2D eigenvalue weighted by atomic mass is 9.99. The quantitative estimate of drug-likeness (QED) is 0.907. The van der Waals surface area contributed by atoms with Crippen molar-refractivity contribution >= 4 is 27.9 Å². The van der Waals surface area contributed by atoms with Gasteiger partial charge in [-0.2, -0.15) is 0 Å². The van der Waals surface area contributed by atoms with Gasteiger partial charge in [0.2, 0.25) is 0 Å². The summed E-state index contributed by atoms with van der Waals surface area (Å²) in [5.41, 5.74) is 1.02. The highest BCUT2D eigenvalue weighted by Gasteiger charge is 2.37. The van der Waals surface area contributed by atoms with Crippen molar-refractivity contribution in [3.63, 3.8) is 0 Å². The van der Waals surface area contributed by atoms with Gasteiger partial charge in [0.15, 0.2) is 0 Å². The van der Waals surface area contributed by atoms with Crippen LogP contribution in [0, 0.1) is 11.8 Å². The van der Waals surface area contributed by atoms with Crippen LogP contribution in [0.25, 0.3) is 0 Å². The number of aliphatic carboxylic acids is 1. The molecule has 0 radical (unpaired) electrons. The van der Waals surface area contributed by atoms with E-state index < -0.39 is 11.9 Å². The van der Waals surface area contributed by atoms with E-state index in [1.54, 1.807) is 16.8 Å². The summed E-state index contributed by atoms with van der Waals surface area (Å²) in [5.74, 6) is -1.31. The average Bonchev–Trinajstić information content (AvgIpc) is 2.82. The predicted molar refractivity (Wildman–Crippen MR) is 82.9 cm³/mol. The standard InChI is InChI=1S/C15H19BrN2O3/c1-10-7-18(9-12(10)14(19)20)15(21)17(2)8-11-5-3-4-6-13(11)16/h3-6,10,12H,7-9H2,1-2H3,(H,19,20)/t10-,12-/m1/s1. The minimum absolute atomic E-state index is 0.0108. The number of halogens is 1. The third-order valence-corrected chi connectivity index (χ3v) is 4.67. The van der Waals surface area contributed by atoms with Crippen LogP contribution in [0.15, 0.2) is 28.7 Å². The molecule has 1 aromatic rings. The van der Waals surface area contributed by atoms with E-state index in [1.807, 2.05) is 31.2 Å². The Morgan fingerprint density at radius 3 is 2.62 bits per heavy atom. The first-order valence-corrected chi connectivity index (χ1v) is 7.65. The maximum Gasteiger partial charge on any atom is 0.320 e. The van der Waals surface area contributed by atoms with Crippen LogP contribution in [0.1, 0.15) is 12.5 Å². The first kappa shape index (κ1) is 15.8. The molecule has 1 aliphatic heterocycles. The third kappa shape index (κ3) is 3.56. The van der Waals surface area contributed by atoms with E-state index in [0.29, 0.717) is 13.1 Å². The summed E-state index contributed by atoms with van der Waals surface area (Å²) in [7, 11) is 1.74. The number of likely N-dealkylation sites (tertiary alicyclic amines) is 1. The summed E-state index contributed by atoms with van der Waals surface area (Å²) in [5, 5.41) is 9.14. The van der Waals surface area contributed by atoms with E-state index in [2.05, 4.69) is 15.9 Å². The second-order valence-electron chi connectivity index (χ2n) is 5.56. The maximum atomic E-state index is 12.4. The van der Waals surface area contributed by atoms with E-state index in [-0.39, 0.29) is 18.5 Å². The molecule has 1 fully saturated rings. The van der Waals surface area contributed by atoms with Gasteiger partial charge in [-0.25, -0.2) is 4.79 Å². The number of nitrogens with zero attached hydrogens (tertiary/aromatic N) is 2. The van der Waals surface area contributed by atoms with Crippen molar-refractivity contribution in [2.45, 2.75) is 13.5 Å². The molecule has 6 heteroatoms. The van der Waals surface area contributed by atoms with Crippen LogP contribution in [0.3, 0.4) is 0 Å². The lowest BCUT2D eigenvalue weighted by molar-refractivity contribution is -0.142. The van der Waals surface area contributed by atoms with Crippen LogP contribution < -0.4 is 0 Å². The number of hydrogen-bond donors (Lipinski definition) is 1. The molecule has 1 aliphatic rings. The highest BCUT2D eigenvalue weighted by atomic mass is 79.9. The Morgan fingerprint density at radius 1 is 1.38 bits per heavy atom. The van der Waals surface area contributed by atoms with Gasteiger partial charge in [0, 0.05) is 31.2 Å². The van der Waals surface area contributed by atoms with Crippen LogP contribution in [0.4, 0.5) is 4.79 Å². The van der Waals surface area contributed by atoms with E-state index in [1.165, 1.54) is 0 Å². The van der Waals surface area contributed by atoms with Gasteiger partial charge in [-0.1, -0.05) is 41.1 Å². The van der Waals surface area contributed by atoms with Gasteiger partial charge in [-0.05, 0) is 17.5 Å². The Morgan fingerprint density at radius 2 is 2.05 bits per heavy atom. The van der Waals surface area contributed by atoms with Crippen molar-refractivity contribution < 1.29 is 14.7 Å². The molecule has 2 rings (SSSR count). The predicted octanol–water partition coefficient (Wildman–Crippen LogP) is 2.65. The molecular weight excluding hydrogens is 336 g/mol. The molecule has 5 nitrogen and oxygen atoms in total. The van der Waals surface area contributed by atoms with E-state index in [4.69, 9.17) is 5.11 Å². The second kappa shape index (κ2) is 6.47. The summed E-state index contributed by atoms with van der Waals surface area (Å²) in [6, 6.07) is 7.62. The van der Waals surface area contributed by atoms with Crippen LogP contribution in [-0.2, 0) is 11.3 Å². The molecule has 0 aromatic heterocycles. The van der Waals surface area contributed by atoms with Crippen molar-refractivity contribution in [1.29, 1.82) is 0 Å². The number of benzene rings is 1. The number of carboxylic acid groups (broad SMARTS) is 1. The molecule has 114 valence electrons. The molecule has 1 aromatic carbocycles. The number of urea groups is 1. The van der Waals surface area contributed by atoms with Gasteiger partial charge in [-0.3, -0.25) is 4.79 Å². The van der Waals surface area contributed by atoms with Gasteiger partial charge in [0.1, 0.15) is 0 Å². The molecule has 2 atom stereocenters. The molecule has 0 bridgehead atoms. The van der Waals surface area contributed by atoms with Crippen molar-refractivity contribution in [1.82, 2.24) is 9.80 Å². The number of carbonyl (C=O) groups excluding carboxylic acids is 1. The van der Waals surface area contributed by atoms with Crippen LogP contribution in [-0.4, -0.2) is 47.0 Å². The van der Waals surface area contributed by atoms with Gasteiger partial charge in [0.05, 0.1) is 5.92 Å². The fourth-order valence-electron chi connectivity index (χ4n) is 2.64. The molecule has 0 spiro atoms. The Kier molecular flexibility index (Phi) is 4.88. The lowest BCUT2D eigenvalue weighted by Gasteiger charge is -2.25. The largest absolute Gasteiger partial charge is 0.481 e. The molecule has 0 unspecified atom stereocenters. The summed E-state index contributed by atoms with van der Waals surface area (Å²) in [6.45, 7) is 3.15. The van der Waals surface area contributed by atoms with Crippen molar-refractivity contribution in [3.8, 4) is 0 Å². The number of rotatable bonds is 3. The average molecular weight is 355 g/mol. The zero-order valence-electron chi connectivity index (χ0n) is 12.1. The minimum atomic E-state index is -0.828. The van der Waals surface area contributed by atoms with Gasteiger partial charge in [-0.15, -0.1) is 0 Å². The number of carbonyl (C=O) groups is 2. The lowest BCUT2D eigenvalue weighted by Crippen LogP contribution is -2.40. The summed E-state index contributed by atoms with van der Waals surface area (Å²) in [6.07, 6.45) is 0. The summed E-state index contributed by atoms with van der Waals surface area (Å²) in [4.78, 5) is 26.8. The van der Waals surface area contributed by atoms with Crippen molar-refractivity contribution in [2.75, 3.05) is 20.1 Å². The highest BCUT2D eigenvalue weighted by molar-refractivity contribution is 9.10. The van der Waals surface area contributed by atoms with Crippen molar-refractivity contribution in [2.24, 2.45) is 11.8 Å². The SMILES string of the molecule is C[C@@H]1CN(C(=O)N(C)Cc2ccccc2Br)C[C@H]1C(=O)O. The molecule has 2 amide bonds. The first-order valence-electron chi connectivity index (χ1n) is 6.86. The molecular formula is C15H19BrN2O3. The third-order valence-electron chi connectivity index (χ3n) is 3.89. The molecule has 0 saturated carbocycles. The van der Waals surface area contributed by atoms with Crippen molar-refractivity contribution in [3.05, 3.63) is 34.3 Å². The topological polar surface area (TPSA) is 60.9 Å². The van der Waals surface area contributed by atoms with Gasteiger partial charge < -0.3 is 14.9 Å². The van der Waals surface area contributed by atoms with E-state index in [9.17, 15) is 9.59 Å². The first-order chi connectivity index (χ1) is 9.90.